The third-order valence-electron chi connectivity index (χ3n) is 4.63. The number of amides is 1. The van der Waals surface area contributed by atoms with E-state index in [1.807, 2.05) is 0 Å². The summed E-state index contributed by atoms with van der Waals surface area (Å²) in [4.78, 5) is 26.5. The lowest BCUT2D eigenvalue weighted by Gasteiger charge is -2.49. The normalized spacial score (nSPS) is 26.0. The van der Waals surface area contributed by atoms with Gasteiger partial charge in [-0.25, -0.2) is 13.1 Å². The van der Waals surface area contributed by atoms with Crippen LogP contribution in [0.3, 0.4) is 0 Å². The molecular formula is C16H14ClN5O4S2. The SMILES string of the molecule is CC1=C(C(=O)c2ccccc2)N2C(=O)[C@H](Cl)[C@@H]2S(=O)(=O)C1Sc1nnnn1C. The molecule has 2 aliphatic rings. The number of carbonyl (C=O) groups excluding carboxylic acids is 2. The molecule has 0 radical (unpaired) electrons. The molecule has 2 aliphatic heterocycles. The largest absolute Gasteiger partial charge is 0.287 e. The highest BCUT2D eigenvalue weighted by molar-refractivity contribution is 8.14. The molecule has 0 spiro atoms. The maximum atomic E-state index is 13.2. The third kappa shape index (κ3) is 2.68. The molecule has 0 saturated carbocycles. The van der Waals surface area contributed by atoms with E-state index in [-0.39, 0.29) is 16.4 Å². The van der Waals surface area contributed by atoms with E-state index in [2.05, 4.69) is 15.5 Å². The number of aryl methyl sites for hydroxylation is 1. The second-order valence-corrected chi connectivity index (χ2v) is 10.3. The molecule has 1 saturated heterocycles. The molecule has 0 N–H and O–H groups in total. The van der Waals surface area contributed by atoms with Gasteiger partial charge in [0, 0.05) is 12.6 Å². The van der Waals surface area contributed by atoms with Gasteiger partial charge in [-0.1, -0.05) is 42.1 Å². The van der Waals surface area contributed by atoms with Gasteiger partial charge in [-0.2, -0.15) is 0 Å². The fourth-order valence-corrected chi connectivity index (χ4v) is 7.59. The number of benzene rings is 1. The molecular weight excluding hydrogens is 426 g/mol. The number of carbonyl (C=O) groups is 2. The molecule has 3 atom stereocenters. The van der Waals surface area contributed by atoms with Crippen LogP contribution >= 0.6 is 23.4 Å². The number of nitrogens with zero attached hydrogens (tertiary/aromatic N) is 5. The summed E-state index contributed by atoms with van der Waals surface area (Å²) in [7, 11) is -2.34. The van der Waals surface area contributed by atoms with Gasteiger partial charge < -0.3 is 0 Å². The van der Waals surface area contributed by atoms with Crippen molar-refractivity contribution in [2.75, 3.05) is 0 Å². The van der Waals surface area contributed by atoms with Gasteiger partial charge in [0.15, 0.2) is 15.2 Å². The van der Waals surface area contributed by atoms with Gasteiger partial charge >= 0.3 is 0 Å². The van der Waals surface area contributed by atoms with Crippen molar-refractivity contribution >= 4 is 44.9 Å². The zero-order chi connectivity index (χ0) is 20.2. The molecule has 0 aliphatic carbocycles. The van der Waals surface area contributed by atoms with E-state index in [4.69, 9.17) is 11.6 Å². The molecule has 1 aromatic heterocycles. The lowest BCUT2D eigenvalue weighted by Crippen LogP contribution is -2.69. The van der Waals surface area contributed by atoms with Crippen molar-refractivity contribution in [1.29, 1.82) is 0 Å². The summed E-state index contributed by atoms with van der Waals surface area (Å²) in [6, 6.07) is 8.37. The molecule has 1 aromatic carbocycles. The Morgan fingerprint density at radius 2 is 1.93 bits per heavy atom. The number of ketones is 1. The number of tetrazole rings is 1. The lowest BCUT2D eigenvalue weighted by atomic mass is 10.00. The highest BCUT2D eigenvalue weighted by Gasteiger charge is 2.62. The number of Topliss-reactive ketones (excluding diaryl/α,β-unsaturated/α-hetero) is 1. The Kier molecular flexibility index (Phi) is 4.55. The fraction of sp³-hybridized carbons (Fsp3) is 0.312. The average Bonchev–Trinajstić information content (AvgIpc) is 3.09. The Morgan fingerprint density at radius 1 is 1.25 bits per heavy atom. The maximum Gasteiger partial charge on any atom is 0.249 e. The van der Waals surface area contributed by atoms with Gasteiger partial charge in [0.1, 0.15) is 9.96 Å². The molecule has 4 rings (SSSR count). The van der Waals surface area contributed by atoms with Crippen LogP contribution < -0.4 is 0 Å². The number of thioether (sulfide) groups is 1. The molecule has 1 fully saturated rings. The van der Waals surface area contributed by atoms with E-state index < -0.39 is 36.9 Å². The van der Waals surface area contributed by atoms with Crippen LogP contribution in [0.2, 0.25) is 0 Å². The van der Waals surface area contributed by atoms with Crippen LogP contribution in [0.25, 0.3) is 0 Å². The van der Waals surface area contributed by atoms with E-state index in [0.717, 1.165) is 16.7 Å². The van der Waals surface area contributed by atoms with Crippen LogP contribution in [0, 0.1) is 0 Å². The Morgan fingerprint density at radius 3 is 2.54 bits per heavy atom. The van der Waals surface area contributed by atoms with Crippen molar-refractivity contribution in [3.63, 3.8) is 0 Å². The van der Waals surface area contributed by atoms with Gasteiger partial charge in [0.2, 0.25) is 16.8 Å². The Hall–Kier alpha value is -2.24. The number of hydrogen-bond acceptors (Lipinski definition) is 8. The third-order valence-corrected chi connectivity index (χ3v) is 9.52. The van der Waals surface area contributed by atoms with Crippen molar-refractivity contribution in [2.24, 2.45) is 7.05 Å². The first kappa shape index (κ1) is 19.1. The molecule has 28 heavy (non-hydrogen) atoms. The Balaban J connectivity index is 1.86. The van der Waals surface area contributed by atoms with Crippen molar-refractivity contribution in [3.05, 3.63) is 47.2 Å². The minimum absolute atomic E-state index is 0.0422. The summed E-state index contributed by atoms with van der Waals surface area (Å²) in [5, 5.41) is 8.75. The number of sulfone groups is 1. The number of fused-ring (bicyclic) bond motifs is 1. The van der Waals surface area contributed by atoms with Crippen molar-refractivity contribution in [1.82, 2.24) is 25.1 Å². The number of hydrogen-bond donors (Lipinski definition) is 0. The first-order valence-corrected chi connectivity index (χ1v) is 11.1. The second kappa shape index (κ2) is 6.68. The van der Waals surface area contributed by atoms with Crippen LogP contribution in [-0.4, -0.2) is 60.5 Å². The van der Waals surface area contributed by atoms with Crippen molar-refractivity contribution in [2.45, 2.75) is 27.4 Å². The number of rotatable bonds is 4. The maximum absolute atomic E-state index is 13.2. The van der Waals surface area contributed by atoms with Crippen LogP contribution in [0.15, 0.2) is 46.8 Å². The van der Waals surface area contributed by atoms with Crippen LogP contribution in [0.1, 0.15) is 17.3 Å². The molecule has 12 heteroatoms. The summed E-state index contributed by atoms with van der Waals surface area (Å²) in [6.45, 7) is 1.53. The molecule has 1 unspecified atom stereocenters. The van der Waals surface area contributed by atoms with Crippen LogP contribution in [0.4, 0.5) is 0 Å². The number of β-lactam (4-membered cyclic amide) rings is 1. The van der Waals surface area contributed by atoms with Gasteiger partial charge in [0.05, 0.1) is 5.70 Å². The number of aromatic nitrogens is 4. The topological polar surface area (TPSA) is 115 Å². The first-order chi connectivity index (χ1) is 13.2. The summed E-state index contributed by atoms with van der Waals surface area (Å²) >= 11 is 6.94. The van der Waals surface area contributed by atoms with E-state index in [9.17, 15) is 18.0 Å². The van der Waals surface area contributed by atoms with Gasteiger partial charge in [-0.05, 0) is 22.9 Å². The van der Waals surface area contributed by atoms with Crippen molar-refractivity contribution in [3.8, 4) is 0 Å². The molecule has 146 valence electrons. The van der Waals surface area contributed by atoms with E-state index in [1.54, 1.807) is 37.4 Å². The monoisotopic (exact) mass is 439 g/mol. The molecule has 2 aromatic rings. The fourth-order valence-electron chi connectivity index (χ4n) is 3.24. The summed E-state index contributed by atoms with van der Waals surface area (Å²) in [6.07, 6.45) is 0. The van der Waals surface area contributed by atoms with Crippen LogP contribution in [-0.2, 0) is 21.7 Å². The van der Waals surface area contributed by atoms with E-state index >= 15 is 0 Å². The van der Waals surface area contributed by atoms with E-state index in [1.165, 1.54) is 11.6 Å². The average molecular weight is 440 g/mol. The second-order valence-electron chi connectivity index (χ2n) is 6.35. The van der Waals surface area contributed by atoms with E-state index in [0.29, 0.717) is 5.56 Å². The van der Waals surface area contributed by atoms with Crippen molar-refractivity contribution < 1.29 is 18.0 Å². The summed E-state index contributed by atoms with van der Waals surface area (Å²) < 4.78 is 26.5. The lowest BCUT2D eigenvalue weighted by molar-refractivity contribution is -0.138. The number of alkyl halides is 1. The molecule has 9 nitrogen and oxygen atoms in total. The van der Waals surface area contributed by atoms with Gasteiger partial charge in [-0.15, -0.1) is 16.7 Å². The zero-order valence-corrected chi connectivity index (χ0v) is 17.1. The highest BCUT2D eigenvalue weighted by atomic mass is 35.5. The molecule has 1 amide bonds. The quantitative estimate of drug-likeness (QED) is 0.393. The summed E-state index contributed by atoms with van der Waals surface area (Å²) in [5.74, 6) is -1.03. The molecule has 3 heterocycles. The van der Waals surface area contributed by atoms with Crippen LogP contribution in [0.5, 0.6) is 0 Å². The first-order valence-electron chi connectivity index (χ1n) is 8.14. The molecule has 0 bridgehead atoms. The highest BCUT2D eigenvalue weighted by Crippen LogP contribution is 2.47. The standard InChI is InChI=1S/C16H14ClN5O4S2/c1-8-11(12(23)9-6-4-3-5-7-9)22-13(24)10(17)14(22)28(25,26)15(8)27-16-18-19-20-21(16)2/h3-7,10,14-15H,1-2H3/t10-,14-,15?/m0/s1. The van der Waals surface area contributed by atoms with Gasteiger partial charge in [0.25, 0.3) is 0 Å². The Bertz CT molecular complexity index is 1120. The smallest absolute Gasteiger partial charge is 0.249 e. The van der Waals surface area contributed by atoms with Gasteiger partial charge in [-0.3, -0.25) is 14.5 Å². The zero-order valence-electron chi connectivity index (χ0n) is 14.7. The number of allylic oxidation sites excluding steroid dienone is 1. The predicted molar refractivity (Wildman–Crippen MR) is 101 cm³/mol. The number of halogens is 1. The summed E-state index contributed by atoms with van der Waals surface area (Å²) in [5.41, 5.74) is 0.639. The Labute approximate surface area is 169 Å². The minimum Gasteiger partial charge on any atom is -0.287 e. The predicted octanol–water partition coefficient (Wildman–Crippen LogP) is 0.989. The minimum atomic E-state index is -3.92.